The van der Waals surface area contributed by atoms with Gasteiger partial charge in [-0.3, -0.25) is 9.48 Å². The van der Waals surface area contributed by atoms with Crippen LogP contribution in [-0.4, -0.2) is 36.7 Å². The fourth-order valence-electron chi connectivity index (χ4n) is 1.51. The predicted molar refractivity (Wildman–Crippen MR) is 64.3 cm³/mol. The summed E-state index contributed by atoms with van der Waals surface area (Å²) in [6.45, 7) is 1.92. The Morgan fingerprint density at radius 2 is 1.73 bits per heavy atom. The van der Waals surface area contributed by atoms with Crippen molar-refractivity contribution in [1.29, 1.82) is 0 Å². The van der Waals surface area contributed by atoms with Crippen molar-refractivity contribution in [1.82, 2.24) is 9.36 Å². The number of rotatable bonds is 1. The van der Waals surface area contributed by atoms with Crippen molar-refractivity contribution in [3.63, 3.8) is 0 Å². The molecule has 1 aromatic heterocycles. The van der Waals surface area contributed by atoms with E-state index in [1.165, 1.54) is 0 Å². The van der Waals surface area contributed by atoms with E-state index < -0.39 is 0 Å². The fourth-order valence-corrected chi connectivity index (χ4v) is 1.51. The zero-order chi connectivity index (χ0) is 10.1. The number of nitrogens with zero attached hydrogens (tertiary/aromatic N) is 2. The third-order valence-corrected chi connectivity index (χ3v) is 2.35. The van der Waals surface area contributed by atoms with Crippen molar-refractivity contribution in [3.05, 3.63) is 52.4 Å². The van der Waals surface area contributed by atoms with Gasteiger partial charge in [0.05, 0.1) is 5.69 Å². The molecule has 0 saturated heterocycles. The molecule has 0 aliphatic heterocycles. The van der Waals surface area contributed by atoms with E-state index in [1.807, 2.05) is 49.0 Å². The summed E-state index contributed by atoms with van der Waals surface area (Å²) < 4.78 is 3.49. The van der Waals surface area contributed by atoms with Crippen LogP contribution in [0.3, 0.4) is 0 Å². The topological polar surface area (TPSA) is 26.9 Å². The van der Waals surface area contributed by atoms with Gasteiger partial charge in [0.2, 0.25) is 0 Å². The van der Waals surface area contributed by atoms with Crippen LogP contribution in [0.5, 0.6) is 0 Å². The molecule has 0 bridgehead atoms. The monoisotopic (exact) mass is 398 g/mol. The minimum absolute atomic E-state index is 0. The molecule has 0 atom stereocenters. The van der Waals surface area contributed by atoms with E-state index in [9.17, 15) is 4.79 Å². The summed E-state index contributed by atoms with van der Waals surface area (Å²) in [5.41, 5.74) is 1.86. The molecule has 0 saturated carbocycles. The van der Waals surface area contributed by atoms with Crippen LogP contribution in [0, 0.1) is 6.92 Å². The molecule has 2 rings (SSSR count). The molecule has 0 spiro atoms. The van der Waals surface area contributed by atoms with Gasteiger partial charge >= 0.3 is 27.3 Å². The molecule has 0 unspecified atom stereocenters. The molecular weight excluding hydrogens is 383 g/mol. The third kappa shape index (κ3) is 2.22. The molecule has 2 aromatic rings. The van der Waals surface area contributed by atoms with Gasteiger partial charge in [-0.2, -0.15) is 0 Å². The van der Waals surface area contributed by atoms with Crippen molar-refractivity contribution in [2.24, 2.45) is 7.05 Å². The van der Waals surface area contributed by atoms with Crippen molar-refractivity contribution in [3.8, 4) is 5.69 Å². The summed E-state index contributed by atoms with van der Waals surface area (Å²) in [5, 5.41) is 0. The van der Waals surface area contributed by atoms with Crippen LogP contribution in [0.1, 0.15) is 5.69 Å². The molecule has 1 aromatic carbocycles. The number of aryl methyl sites for hydroxylation is 1. The maximum atomic E-state index is 11.6. The first-order valence-electron chi connectivity index (χ1n) is 4.51. The second kappa shape index (κ2) is 4.78. The number of hydrogen-bond acceptors (Lipinski definition) is 1. The van der Waals surface area contributed by atoms with Gasteiger partial charge in [0, 0.05) is 18.8 Å². The normalized spacial score (nSPS) is 9.73. The molecule has 1 heterocycles. The van der Waals surface area contributed by atoms with Crippen LogP contribution in [0.25, 0.3) is 5.69 Å². The van der Waals surface area contributed by atoms with Crippen molar-refractivity contribution >= 4 is 27.3 Å². The Morgan fingerprint density at radius 3 is 2.20 bits per heavy atom. The van der Waals surface area contributed by atoms with Crippen LogP contribution in [0.4, 0.5) is 0 Å². The van der Waals surface area contributed by atoms with Crippen molar-refractivity contribution in [2.45, 2.75) is 6.92 Å². The summed E-state index contributed by atoms with van der Waals surface area (Å²) in [5.74, 6) is 0. The summed E-state index contributed by atoms with van der Waals surface area (Å²) in [6, 6.07) is 11.2. The van der Waals surface area contributed by atoms with Crippen LogP contribution in [-0.2, 0) is 7.05 Å². The molecule has 0 aliphatic carbocycles. The van der Waals surface area contributed by atoms with E-state index in [-0.39, 0.29) is 32.9 Å². The first-order chi connectivity index (χ1) is 6.70. The Labute approximate surface area is 108 Å². The number of benzene rings is 1. The fraction of sp³-hybridized carbons (Fsp3) is 0.182. The maximum absolute atomic E-state index is 11.6. The molecule has 78 valence electrons. The Balaban J connectivity index is 0.00000112. The third-order valence-electron chi connectivity index (χ3n) is 2.35. The quantitative estimate of drug-likeness (QED) is 0.647. The van der Waals surface area contributed by atoms with Gasteiger partial charge in [-0.25, -0.2) is 4.68 Å². The van der Waals surface area contributed by atoms with E-state index in [0.29, 0.717) is 0 Å². The summed E-state index contributed by atoms with van der Waals surface area (Å²) in [4.78, 5) is 11.6. The summed E-state index contributed by atoms with van der Waals surface area (Å²) in [7, 11) is 1.88. The Hall–Kier alpha value is -0.848. The Bertz CT molecular complexity index is 499. The minimum atomic E-state index is 0. The molecule has 3 nitrogen and oxygen atoms in total. The van der Waals surface area contributed by atoms with Crippen LogP contribution >= 0.6 is 0 Å². The van der Waals surface area contributed by atoms with E-state index in [0.717, 1.165) is 11.4 Å². The second-order valence-corrected chi connectivity index (χ2v) is 3.29. The average Bonchev–Trinajstić information content (AvgIpc) is 2.43. The standard InChI is InChI=1S/C11H12N2O.Pb.2H/c1-9-8-11(14)13(12(9)2)10-6-4-3-5-7-10;;;/h3-8H,1-2H3;;;. The number of aromatic nitrogens is 2. The van der Waals surface area contributed by atoms with E-state index in [1.54, 1.807) is 10.7 Å². The summed E-state index contributed by atoms with van der Waals surface area (Å²) >= 11 is 0. The molecule has 0 fully saturated rings. The molecule has 0 aliphatic rings. The van der Waals surface area contributed by atoms with Gasteiger partial charge in [0.25, 0.3) is 5.56 Å². The van der Waals surface area contributed by atoms with Crippen molar-refractivity contribution < 1.29 is 0 Å². The summed E-state index contributed by atoms with van der Waals surface area (Å²) in [6.07, 6.45) is 0. The number of para-hydroxylation sites is 1. The molecular formula is C11H14N2OPb. The predicted octanol–water partition coefficient (Wildman–Crippen LogP) is 0.568. The SMILES string of the molecule is Cc1cc(=O)n(-c2ccccc2)n1C.[PbH2]. The molecule has 15 heavy (non-hydrogen) atoms. The zero-order valence-corrected chi connectivity index (χ0v) is 14.5. The van der Waals surface area contributed by atoms with Gasteiger partial charge in [0.1, 0.15) is 0 Å². The molecule has 2 radical (unpaired) electrons. The molecule has 4 heteroatoms. The zero-order valence-electron chi connectivity index (χ0n) is 8.97. The van der Waals surface area contributed by atoms with E-state index >= 15 is 0 Å². The van der Waals surface area contributed by atoms with Crippen molar-refractivity contribution in [2.75, 3.05) is 0 Å². The van der Waals surface area contributed by atoms with Gasteiger partial charge in [-0.1, -0.05) is 18.2 Å². The van der Waals surface area contributed by atoms with Gasteiger partial charge in [0.15, 0.2) is 0 Å². The van der Waals surface area contributed by atoms with Gasteiger partial charge in [-0.05, 0) is 19.1 Å². The molecule has 0 amide bonds. The van der Waals surface area contributed by atoms with Crippen LogP contribution in [0.2, 0.25) is 0 Å². The Kier molecular flexibility index (Phi) is 3.90. The average molecular weight is 397 g/mol. The Morgan fingerprint density at radius 1 is 1.13 bits per heavy atom. The van der Waals surface area contributed by atoms with Crippen LogP contribution < -0.4 is 5.56 Å². The second-order valence-electron chi connectivity index (χ2n) is 3.29. The number of hydrogen-bond donors (Lipinski definition) is 0. The molecule has 0 N–H and O–H groups in total. The van der Waals surface area contributed by atoms with Crippen LogP contribution in [0.15, 0.2) is 41.2 Å². The van der Waals surface area contributed by atoms with Gasteiger partial charge < -0.3 is 0 Å². The van der Waals surface area contributed by atoms with Gasteiger partial charge in [-0.15, -0.1) is 0 Å². The first kappa shape index (κ1) is 12.2. The van der Waals surface area contributed by atoms with E-state index in [2.05, 4.69) is 0 Å². The van der Waals surface area contributed by atoms with E-state index in [4.69, 9.17) is 0 Å². The first-order valence-corrected chi connectivity index (χ1v) is 4.51.